The Kier molecular flexibility index (Phi) is 5.52. The zero-order valence-corrected chi connectivity index (χ0v) is 16.6. The van der Waals surface area contributed by atoms with Crippen molar-refractivity contribution in [2.75, 3.05) is 5.32 Å². The molecule has 2 heterocycles. The number of carbonyl (C=O) groups is 1. The Morgan fingerprint density at radius 3 is 2.27 bits per heavy atom. The van der Waals surface area contributed by atoms with E-state index in [9.17, 15) is 9.59 Å². The molecule has 4 rings (SSSR count). The lowest BCUT2D eigenvalue weighted by Gasteiger charge is -2.20. The number of benzene rings is 2. The average molecular weight is 395 g/mol. The van der Waals surface area contributed by atoms with Crippen LogP contribution in [0.5, 0.6) is 0 Å². The van der Waals surface area contributed by atoms with Crippen molar-refractivity contribution in [3.63, 3.8) is 0 Å². The molecule has 1 amide bonds. The van der Waals surface area contributed by atoms with Gasteiger partial charge in [0.05, 0.1) is 17.9 Å². The van der Waals surface area contributed by atoms with Crippen LogP contribution in [0.15, 0.2) is 95.9 Å². The summed E-state index contributed by atoms with van der Waals surface area (Å²) in [5.41, 5.74) is 3.44. The average Bonchev–Trinajstić information content (AvgIpc) is 2.77. The molecule has 0 aliphatic heterocycles. The number of rotatable bonds is 5. The van der Waals surface area contributed by atoms with E-state index in [1.54, 1.807) is 18.3 Å². The van der Waals surface area contributed by atoms with E-state index in [2.05, 4.69) is 10.3 Å². The summed E-state index contributed by atoms with van der Waals surface area (Å²) >= 11 is 0. The van der Waals surface area contributed by atoms with E-state index in [4.69, 9.17) is 0 Å². The number of hydrogen-bond donors (Lipinski definition) is 1. The van der Waals surface area contributed by atoms with Gasteiger partial charge in [0.2, 0.25) is 0 Å². The number of anilines is 1. The van der Waals surface area contributed by atoms with Crippen molar-refractivity contribution >= 4 is 11.6 Å². The molecule has 30 heavy (non-hydrogen) atoms. The third-order valence-electron chi connectivity index (χ3n) is 4.87. The normalized spacial score (nSPS) is 10.6. The second-order valence-corrected chi connectivity index (χ2v) is 6.97. The van der Waals surface area contributed by atoms with Gasteiger partial charge in [0.15, 0.2) is 5.43 Å². The van der Waals surface area contributed by atoms with Crippen LogP contribution in [0.3, 0.4) is 0 Å². The molecule has 2 aromatic heterocycles. The molecule has 0 spiro atoms. The van der Waals surface area contributed by atoms with Crippen molar-refractivity contribution in [2.24, 2.45) is 0 Å². The van der Waals surface area contributed by atoms with Crippen molar-refractivity contribution in [1.82, 2.24) is 9.55 Å². The molecule has 148 valence electrons. The standard InChI is InChI=1S/C25H21N3O2/c1-18-16-22(29)23(25(30)27-20-12-6-3-7-13-20)24(19-10-4-2-5-11-19)28(18)17-21-14-8-9-15-26-21/h2-16H,17H2,1H3,(H,27,30). The molecular formula is C25H21N3O2. The van der Waals surface area contributed by atoms with E-state index in [1.807, 2.05) is 78.2 Å². The number of pyridine rings is 2. The number of hydrogen-bond acceptors (Lipinski definition) is 3. The predicted molar refractivity (Wildman–Crippen MR) is 119 cm³/mol. The topological polar surface area (TPSA) is 64.0 Å². The van der Waals surface area contributed by atoms with Gasteiger partial charge in [-0.1, -0.05) is 54.6 Å². The van der Waals surface area contributed by atoms with Gasteiger partial charge in [0, 0.05) is 23.6 Å². The first-order chi connectivity index (χ1) is 14.6. The molecule has 0 bridgehead atoms. The van der Waals surface area contributed by atoms with Crippen LogP contribution in [0.2, 0.25) is 0 Å². The van der Waals surface area contributed by atoms with Crippen molar-refractivity contribution in [3.05, 3.63) is 118 Å². The summed E-state index contributed by atoms with van der Waals surface area (Å²) in [5.74, 6) is -0.431. The Hall–Kier alpha value is -3.99. The van der Waals surface area contributed by atoms with Gasteiger partial charge in [0.25, 0.3) is 5.91 Å². The van der Waals surface area contributed by atoms with Gasteiger partial charge in [-0.25, -0.2) is 0 Å². The number of aromatic nitrogens is 2. The highest BCUT2D eigenvalue weighted by Crippen LogP contribution is 2.25. The highest BCUT2D eigenvalue weighted by atomic mass is 16.2. The molecule has 5 nitrogen and oxygen atoms in total. The minimum absolute atomic E-state index is 0.117. The molecule has 1 N–H and O–H groups in total. The van der Waals surface area contributed by atoms with Crippen molar-refractivity contribution in [2.45, 2.75) is 13.5 Å². The number of para-hydroxylation sites is 1. The predicted octanol–water partition coefficient (Wildman–Crippen LogP) is 4.52. The first-order valence-corrected chi connectivity index (χ1v) is 9.69. The summed E-state index contributed by atoms with van der Waals surface area (Å²) in [7, 11) is 0. The lowest BCUT2D eigenvalue weighted by atomic mass is 10.0. The van der Waals surface area contributed by atoms with Gasteiger partial charge < -0.3 is 9.88 Å². The molecule has 5 heteroatoms. The van der Waals surface area contributed by atoms with E-state index < -0.39 is 5.91 Å². The van der Waals surface area contributed by atoms with E-state index >= 15 is 0 Å². The van der Waals surface area contributed by atoms with E-state index in [0.717, 1.165) is 17.0 Å². The van der Waals surface area contributed by atoms with Crippen LogP contribution in [0.25, 0.3) is 11.3 Å². The summed E-state index contributed by atoms with van der Waals surface area (Å²) in [6.07, 6.45) is 1.73. The monoisotopic (exact) mass is 395 g/mol. The van der Waals surface area contributed by atoms with Crippen LogP contribution in [-0.2, 0) is 6.54 Å². The first kappa shape index (κ1) is 19.3. The van der Waals surface area contributed by atoms with Crippen molar-refractivity contribution < 1.29 is 4.79 Å². The number of amides is 1. The van der Waals surface area contributed by atoms with Crippen LogP contribution in [0.1, 0.15) is 21.7 Å². The molecule has 0 aliphatic carbocycles. The minimum Gasteiger partial charge on any atom is -0.338 e. The van der Waals surface area contributed by atoms with Gasteiger partial charge in [0.1, 0.15) is 5.56 Å². The van der Waals surface area contributed by atoms with E-state index in [-0.39, 0.29) is 11.0 Å². The van der Waals surface area contributed by atoms with Crippen LogP contribution >= 0.6 is 0 Å². The largest absolute Gasteiger partial charge is 0.338 e. The van der Waals surface area contributed by atoms with Crippen molar-refractivity contribution in [3.8, 4) is 11.3 Å². The highest BCUT2D eigenvalue weighted by molar-refractivity contribution is 6.08. The van der Waals surface area contributed by atoms with Crippen LogP contribution < -0.4 is 10.7 Å². The fourth-order valence-electron chi connectivity index (χ4n) is 3.46. The molecule has 0 saturated carbocycles. The Balaban J connectivity index is 1.89. The van der Waals surface area contributed by atoms with E-state index in [1.165, 1.54) is 6.07 Å². The third kappa shape index (κ3) is 4.05. The second kappa shape index (κ2) is 8.57. The Morgan fingerprint density at radius 1 is 0.933 bits per heavy atom. The zero-order chi connectivity index (χ0) is 20.9. The maximum Gasteiger partial charge on any atom is 0.261 e. The highest BCUT2D eigenvalue weighted by Gasteiger charge is 2.22. The Bertz CT molecular complexity index is 1220. The van der Waals surface area contributed by atoms with Crippen LogP contribution in [0, 0.1) is 6.92 Å². The SMILES string of the molecule is Cc1cc(=O)c(C(=O)Nc2ccccc2)c(-c2ccccc2)n1Cc1ccccn1. The third-order valence-corrected chi connectivity index (χ3v) is 4.87. The summed E-state index contributed by atoms with van der Waals surface area (Å²) in [4.78, 5) is 30.6. The number of aryl methyl sites for hydroxylation is 1. The Morgan fingerprint density at radius 2 is 1.60 bits per heavy atom. The molecule has 2 aromatic carbocycles. The fourth-order valence-corrected chi connectivity index (χ4v) is 3.46. The fraction of sp³-hybridized carbons (Fsp3) is 0.0800. The lowest BCUT2D eigenvalue weighted by Crippen LogP contribution is -2.27. The molecule has 4 aromatic rings. The lowest BCUT2D eigenvalue weighted by molar-refractivity contribution is 0.102. The quantitative estimate of drug-likeness (QED) is 0.540. The molecule has 0 saturated heterocycles. The van der Waals surface area contributed by atoms with Crippen LogP contribution in [0.4, 0.5) is 5.69 Å². The summed E-state index contributed by atoms with van der Waals surface area (Å²) in [6, 6.07) is 25.9. The number of nitrogens with zero attached hydrogens (tertiary/aromatic N) is 2. The minimum atomic E-state index is -0.431. The molecule has 0 atom stereocenters. The van der Waals surface area contributed by atoms with Crippen molar-refractivity contribution in [1.29, 1.82) is 0 Å². The summed E-state index contributed by atoms with van der Waals surface area (Å²) in [5, 5.41) is 2.85. The van der Waals surface area contributed by atoms with Gasteiger partial charge in [-0.2, -0.15) is 0 Å². The Labute approximate surface area is 174 Å². The molecular weight excluding hydrogens is 374 g/mol. The smallest absolute Gasteiger partial charge is 0.261 e. The van der Waals surface area contributed by atoms with Gasteiger partial charge >= 0.3 is 0 Å². The maximum atomic E-state index is 13.2. The summed E-state index contributed by atoms with van der Waals surface area (Å²) < 4.78 is 1.97. The zero-order valence-electron chi connectivity index (χ0n) is 16.6. The molecule has 0 aliphatic rings. The van der Waals surface area contributed by atoms with Gasteiger partial charge in [-0.05, 0) is 36.8 Å². The van der Waals surface area contributed by atoms with Gasteiger partial charge in [-0.3, -0.25) is 14.6 Å². The second-order valence-electron chi connectivity index (χ2n) is 6.97. The number of carbonyl (C=O) groups excluding carboxylic acids is 1. The van der Waals surface area contributed by atoms with Gasteiger partial charge in [-0.15, -0.1) is 0 Å². The molecule has 0 radical (unpaired) electrons. The number of nitrogens with one attached hydrogen (secondary N) is 1. The van der Waals surface area contributed by atoms with Crippen LogP contribution in [-0.4, -0.2) is 15.5 Å². The van der Waals surface area contributed by atoms with E-state index in [0.29, 0.717) is 17.9 Å². The summed E-state index contributed by atoms with van der Waals surface area (Å²) in [6.45, 7) is 2.32. The molecule has 0 unspecified atom stereocenters. The first-order valence-electron chi connectivity index (χ1n) is 9.69. The maximum absolute atomic E-state index is 13.2. The molecule has 0 fully saturated rings.